The van der Waals surface area contributed by atoms with Crippen LogP contribution in [0, 0.1) is 11.7 Å². The van der Waals surface area contributed by atoms with Crippen molar-refractivity contribution in [3.8, 4) is 11.5 Å². The monoisotopic (exact) mass is 387 g/mol. The Labute approximate surface area is 164 Å². The summed E-state index contributed by atoms with van der Waals surface area (Å²) in [5.41, 5.74) is 4.22. The van der Waals surface area contributed by atoms with Crippen molar-refractivity contribution in [1.29, 1.82) is 0 Å². The second-order valence-electron chi connectivity index (χ2n) is 7.90. The van der Waals surface area contributed by atoms with Crippen LogP contribution < -0.4 is 0 Å². The van der Waals surface area contributed by atoms with Gasteiger partial charge in [-0.25, -0.2) is 9.37 Å². The van der Waals surface area contributed by atoms with E-state index in [9.17, 15) is 9.18 Å². The zero-order chi connectivity index (χ0) is 19.7. The van der Waals surface area contributed by atoms with Gasteiger partial charge in [0.25, 0.3) is 0 Å². The molecule has 3 heterocycles. The Bertz CT molecular complexity index is 1440. The average molecular weight is 387 g/mol. The van der Waals surface area contributed by atoms with Crippen LogP contribution >= 0.6 is 0 Å². The third kappa shape index (κ3) is 2.36. The van der Waals surface area contributed by atoms with Crippen LogP contribution in [0.3, 0.4) is 0 Å². The number of hydrogen-bond donors (Lipinski definition) is 1. The van der Waals surface area contributed by atoms with E-state index in [2.05, 4.69) is 33.0 Å². The highest BCUT2D eigenvalue weighted by molar-refractivity contribution is 6.05. The Balaban J connectivity index is 1.68. The number of halogens is 1. The lowest BCUT2D eigenvalue weighted by atomic mass is 10.2. The van der Waals surface area contributed by atoms with Crippen LogP contribution in [0.25, 0.3) is 44.4 Å². The fraction of sp³-hybridized carbons (Fsp3) is 0.227. The molecule has 2 aromatic carbocycles. The number of aryl methyl sites for hydroxylation is 1. The maximum Gasteiger partial charge on any atom is 0.157 e. The fourth-order valence-corrected chi connectivity index (χ4v) is 4.32. The number of carbonyl (C=O) groups excluding carboxylic acids is 1. The Morgan fingerprint density at radius 2 is 2.03 bits per heavy atom. The summed E-state index contributed by atoms with van der Waals surface area (Å²) in [4.78, 5) is 15.9. The number of rotatable bonds is 4. The fourth-order valence-electron chi connectivity index (χ4n) is 4.32. The molecule has 0 unspecified atom stereocenters. The Hall–Kier alpha value is -3.48. The summed E-state index contributed by atoms with van der Waals surface area (Å²) in [5.74, 6) is 0.897. The number of benzene rings is 2. The molecule has 3 aromatic heterocycles. The molecule has 0 amide bonds. The smallest absolute Gasteiger partial charge is 0.157 e. The first-order valence-corrected chi connectivity index (χ1v) is 9.71. The summed E-state index contributed by atoms with van der Waals surface area (Å²) in [7, 11) is 1.82. The van der Waals surface area contributed by atoms with Gasteiger partial charge in [-0.2, -0.15) is 5.10 Å². The zero-order valence-electron chi connectivity index (χ0n) is 15.8. The maximum atomic E-state index is 14.7. The molecule has 5 aromatic rings. The van der Waals surface area contributed by atoms with E-state index in [-0.39, 0.29) is 5.56 Å². The molecule has 1 aliphatic carbocycles. The first-order chi connectivity index (χ1) is 14.1. The van der Waals surface area contributed by atoms with Gasteiger partial charge in [-0.1, -0.05) is 12.1 Å². The van der Waals surface area contributed by atoms with E-state index in [1.807, 2.05) is 13.2 Å². The van der Waals surface area contributed by atoms with Crippen LogP contribution in [-0.2, 0) is 13.6 Å². The van der Waals surface area contributed by atoms with Crippen molar-refractivity contribution in [2.24, 2.45) is 13.0 Å². The van der Waals surface area contributed by atoms with Crippen molar-refractivity contribution < 1.29 is 9.18 Å². The number of carbonyl (C=O) groups is 1. The van der Waals surface area contributed by atoms with Crippen molar-refractivity contribution in [2.75, 3.05) is 0 Å². The Morgan fingerprint density at radius 1 is 1.21 bits per heavy atom. The molecule has 0 bridgehead atoms. The molecule has 6 rings (SSSR count). The van der Waals surface area contributed by atoms with Crippen molar-refractivity contribution in [3.05, 3.63) is 47.9 Å². The van der Waals surface area contributed by atoms with E-state index in [1.165, 1.54) is 18.9 Å². The van der Waals surface area contributed by atoms with E-state index in [0.717, 1.165) is 34.0 Å². The lowest BCUT2D eigenvalue weighted by molar-refractivity contribution is 0.112. The maximum absolute atomic E-state index is 14.7. The Kier molecular flexibility index (Phi) is 3.27. The van der Waals surface area contributed by atoms with Gasteiger partial charge in [0.1, 0.15) is 17.6 Å². The first kappa shape index (κ1) is 16.5. The van der Waals surface area contributed by atoms with Gasteiger partial charge in [0.15, 0.2) is 5.82 Å². The summed E-state index contributed by atoms with van der Waals surface area (Å²) in [6, 6.07) is 9.15. The van der Waals surface area contributed by atoms with Gasteiger partial charge in [-0.15, -0.1) is 0 Å². The normalized spacial score (nSPS) is 14.4. The van der Waals surface area contributed by atoms with Crippen molar-refractivity contribution in [2.45, 2.75) is 19.4 Å². The first-order valence-electron chi connectivity index (χ1n) is 9.71. The van der Waals surface area contributed by atoms with E-state index in [0.29, 0.717) is 29.1 Å². The van der Waals surface area contributed by atoms with Crippen LogP contribution in [0.2, 0.25) is 0 Å². The minimum atomic E-state index is -0.438. The molecule has 0 saturated heterocycles. The Morgan fingerprint density at radius 3 is 2.83 bits per heavy atom. The number of hydrogen-bond acceptors (Lipinski definition) is 3. The minimum absolute atomic E-state index is 0.289. The molecule has 1 N–H and O–H groups in total. The summed E-state index contributed by atoms with van der Waals surface area (Å²) in [5, 5.41) is 9.50. The van der Waals surface area contributed by atoms with Gasteiger partial charge in [0.05, 0.1) is 28.4 Å². The van der Waals surface area contributed by atoms with E-state index in [4.69, 9.17) is 4.98 Å². The molecule has 1 saturated carbocycles. The molecule has 1 fully saturated rings. The summed E-state index contributed by atoms with van der Waals surface area (Å²) < 4.78 is 18.7. The van der Waals surface area contributed by atoms with Crippen molar-refractivity contribution in [3.63, 3.8) is 0 Å². The summed E-state index contributed by atoms with van der Waals surface area (Å²) >= 11 is 0. The zero-order valence-corrected chi connectivity index (χ0v) is 15.8. The summed E-state index contributed by atoms with van der Waals surface area (Å²) in [6.45, 7) is 0.891. The predicted octanol–water partition coefficient (Wildman–Crippen LogP) is 4.43. The van der Waals surface area contributed by atoms with Crippen LogP contribution in [0.4, 0.5) is 4.39 Å². The van der Waals surface area contributed by atoms with Gasteiger partial charge in [-0.05, 0) is 37.0 Å². The van der Waals surface area contributed by atoms with E-state index >= 15 is 0 Å². The second-order valence-corrected chi connectivity index (χ2v) is 7.90. The highest BCUT2D eigenvalue weighted by Gasteiger charge is 2.26. The lowest BCUT2D eigenvalue weighted by Crippen LogP contribution is -2.05. The van der Waals surface area contributed by atoms with Crippen LogP contribution in [0.1, 0.15) is 23.2 Å². The number of aldehydes is 1. The molecule has 0 radical (unpaired) electrons. The molecule has 29 heavy (non-hydrogen) atoms. The molecular weight excluding hydrogens is 369 g/mol. The van der Waals surface area contributed by atoms with E-state index < -0.39 is 5.82 Å². The molecule has 144 valence electrons. The van der Waals surface area contributed by atoms with Gasteiger partial charge in [0, 0.05) is 29.9 Å². The third-order valence-electron chi connectivity index (χ3n) is 5.92. The quantitative estimate of drug-likeness (QED) is 0.464. The van der Waals surface area contributed by atoms with Gasteiger partial charge >= 0.3 is 0 Å². The minimum Gasteiger partial charge on any atom is -0.336 e. The SMILES string of the molecule is Cn1c(-c2cc3ccc4cn[nH]c4c3n2CC2CC2)nc2cc(C=O)cc(F)c21. The number of H-pyrrole nitrogens is 1. The molecule has 6 nitrogen and oxygen atoms in total. The van der Waals surface area contributed by atoms with Crippen molar-refractivity contribution in [1.82, 2.24) is 24.3 Å². The van der Waals surface area contributed by atoms with Crippen LogP contribution in [0.15, 0.2) is 36.5 Å². The number of nitrogens with zero attached hydrogens (tertiary/aromatic N) is 4. The molecular formula is C22H18FN5O. The lowest BCUT2D eigenvalue weighted by Gasteiger charge is -2.11. The molecule has 1 aliphatic rings. The molecule has 0 atom stereocenters. The molecule has 0 spiro atoms. The number of nitrogens with one attached hydrogen (secondary N) is 1. The molecule has 7 heteroatoms. The number of fused-ring (bicyclic) bond motifs is 4. The number of aromatic nitrogens is 5. The van der Waals surface area contributed by atoms with Crippen LogP contribution in [-0.4, -0.2) is 30.6 Å². The van der Waals surface area contributed by atoms with Gasteiger partial charge < -0.3 is 9.13 Å². The van der Waals surface area contributed by atoms with Crippen molar-refractivity contribution >= 4 is 39.1 Å². The van der Waals surface area contributed by atoms with E-state index in [1.54, 1.807) is 10.6 Å². The average Bonchev–Trinajstić information content (AvgIpc) is 3.12. The van der Waals surface area contributed by atoms with Gasteiger partial charge in [0.2, 0.25) is 0 Å². The third-order valence-corrected chi connectivity index (χ3v) is 5.92. The van der Waals surface area contributed by atoms with Gasteiger partial charge in [-0.3, -0.25) is 9.89 Å². The van der Waals surface area contributed by atoms with Crippen LogP contribution in [0.5, 0.6) is 0 Å². The highest BCUT2D eigenvalue weighted by atomic mass is 19.1. The topological polar surface area (TPSA) is 68.5 Å². The largest absolute Gasteiger partial charge is 0.336 e. The number of imidazole rings is 1. The number of aromatic amines is 1. The summed E-state index contributed by atoms with van der Waals surface area (Å²) in [6.07, 6.45) is 4.92. The standard InChI is InChI=1S/C22H18FN5O/c1-27-21-16(23)6-13(11-29)7-17(21)25-22(27)18-8-14-4-5-15-9-24-26-19(15)20(14)28(18)10-12-2-3-12/h4-9,11-12H,2-3,10H2,1H3,(H,24,26). The molecule has 0 aliphatic heterocycles. The second kappa shape index (κ2) is 5.76. The predicted molar refractivity (Wildman–Crippen MR) is 109 cm³/mol. The highest BCUT2D eigenvalue weighted by Crippen LogP contribution is 2.38.